The van der Waals surface area contributed by atoms with E-state index in [2.05, 4.69) is 15.4 Å². The van der Waals surface area contributed by atoms with Crippen LogP contribution in [0, 0.1) is 0 Å². The topological polar surface area (TPSA) is 84.5 Å². The molecule has 1 amide bonds. The quantitative estimate of drug-likeness (QED) is 0.698. The average molecular weight is 340 g/mol. The third-order valence-corrected chi connectivity index (χ3v) is 3.78. The maximum absolute atomic E-state index is 12.0. The Bertz CT molecular complexity index is 910. The minimum atomic E-state index is -0.304. The summed E-state index contributed by atoms with van der Waals surface area (Å²) in [6.07, 6.45) is 6.05. The molecule has 0 aromatic carbocycles. The molecule has 0 atom stereocenters. The molecule has 0 aliphatic carbocycles. The van der Waals surface area contributed by atoms with Gasteiger partial charge in [-0.1, -0.05) is 6.07 Å². The third kappa shape index (κ3) is 4.03. The molecule has 0 saturated heterocycles. The maximum atomic E-state index is 12.0. The highest BCUT2D eigenvalue weighted by molar-refractivity contribution is 5.75. The minimum Gasteiger partial charge on any atom is -0.376 e. The number of hydrogen-bond acceptors (Lipinski definition) is 5. The highest BCUT2D eigenvalue weighted by Crippen LogP contribution is 2.05. The molecule has 8 heteroatoms. The summed E-state index contributed by atoms with van der Waals surface area (Å²) in [5.74, 6) is -0.254. The molecule has 0 fully saturated rings. The Labute approximate surface area is 144 Å². The van der Waals surface area contributed by atoms with Crippen molar-refractivity contribution in [1.29, 1.82) is 0 Å². The van der Waals surface area contributed by atoms with E-state index >= 15 is 0 Å². The van der Waals surface area contributed by atoms with Crippen molar-refractivity contribution in [2.24, 2.45) is 0 Å². The number of hydrogen-bond donors (Lipinski definition) is 1. The molecule has 0 aliphatic rings. The summed E-state index contributed by atoms with van der Waals surface area (Å²) in [6, 6.07) is 7.25. The normalized spacial score (nSPS) is 10.8. The van der Waals surface area contributed by atoms with Crippen LogP contribution >= 0.6 is 0 Å². The number of pyridine rings is 1. The van der Waals surface area contributed by atoms with Gasteiger partial charge in [0.2, 0.25) is 5.91 Å². The lowest BCUT2D eigenvalue weighted by Crippen LogP contribution is -2.34. The number of nitrogens with zero attached hydrogens (tertiary/aromatic N) is 5. The molecule has 0 spiro atoms. The van der Waals surface area contributed by atoms with E-state index in [1.54, 1.807) is 11.1 Å². The van der Waals surface area contributed by atoms with E-state index in [0.29, 0.717) is 18.7 Å². The highest BCUT2D eigenvalue weighted by Gasteiger charge is 2.07. The van der Waals surface area contributed by atoms with E-state index in [4.69, 9.17) is 0 Å². The highest BCUT2D eigenvalue weighted by atomic mass is 16.2. The fourth-order valence-electron chi connectivity index (χ4n) is 2.42. The van der Waals surface area contributed by atoms with Gasteiger partial charge in [-0.05, 0) is 12.1 Å². The molecule has 3 aromatic heterocycles. The largest absolute Gasteiger partial charge is 0.376 e. The van der Waals surface area contributed by atoms with Crippen molar-refractivity contribution in [3.63, 3.8) is 0 Å². The van der Waals surface area contributed by atoms with Crippen LogP contribution in [0.4, 0.5) is 5.69 Å². The van der Waals surface area contributed by atoms with E-state index in [0.717, 1.165) is 16.0 Å². The lowest BCUT2D eigenvalue weighted by molar-refractivity contribution is -0.121. The van der Waals surface area contributed by atoms with Crippen LogP contribution < -0.4 is 15.8 Å². The van der Waals surface area contributed by atoms with Gasteiger partial charge >= 0.3 is 0 Å². The number of amides is 1. The molecule has 0 aliphatic heterocycles. The van der Waals surface area contributed by atoms with Crippen LogP contribution in [-0.4, -0.2) is 45.7 Å². The van der Waals surface area contributed by atoms with Gasteiger partial charge in [0, 0.05) is 45.5 Å². The predicted octanol–water partition coefficient (Wildman–Crippen LogP) is 0.316. The molecule has 130 valence electrons. The maximum Gasteiger partial charge on any atom is 0.269 e. The van der Waals surface area contributed by atoms with Gasteiger partial charge in [0.1, 0.15) is 12.2 Å². The Hall–Kier alpha value is -3.16. The van der Waals surface area contributed by atoms with E-state index < -0.39 is 0 Å². The molecule has 0 unspecified atom stereocenters. The van der Waals surface area contributed by atoms with Gasteiger partial charge in [-0.3, -0.25) is 9.59 Å². The Balaban J connectivity index is 1.53. The fraction of sp³-hybridized carbons (Fsp3) is 0.294. The van der Waals surface area contributed by atoms with Gasteiger partial charge < -0.3 is 14.6 Å². The molecule has 8 nitrogen and oxygen atoms in total. The first kappa shape index (κ1) is 16.7. The van der Waals surface area contributed by atoms with Crippen LogP contribution in [0.3, 0.4) is 0 Å². The van der Waals surface area contributed by atoms with Crippen molar-refractivity contribution in [1.82, 2.24) is 24.5 Å². The number of imidazole rings is 1. The van der Waals surface area contributed by atoms with Gasteiger partial charge in [0.25, 0.3) is 5.56 Å². The lowest BCUT2D eigenvalue weighted by Gasteiger charge is -2.12. The summed E-state index contributed by atoms with van der Waals surface area (Å²) in [5, 5.41) is 6.81. The second-order valence-electron chi connectivity index (χ2n) is 5.90. The number of carbonyl (C=O) groups is 1. The standard InChI is InChI=1S/C17H20N6O2/c1-21(2)14-9-17(25)23(19-10-14)12-16(24)18-7-6-13-11-22-8-4-3-5-15(22)20-13/h3-5,8-11H,6-7,12H2,1-2H3,(H,18,24). The molecule has 0 saturated carbocycles. The number of aromatic nitrogens is 4. The summed E-state index contributed by atoms with van der Waals surface area (Å²) in [7, 11) is 3.65. The van der Waals surface area contributed by atoms with Crippen molar-refractivity contribution in [2.45, 2.75) is 13.0 Å². The first-order valence-electron chi connectivity index (χ1n) is 7.97. The summed E-state index contributed by atoms with van der Waals surface area (Å²) in [6.45, 7) is 0.352. The van der Waals surface area contributed by atoms with Crippen LogP contribution in [0.1, 0.15) is 5.69 Å². The number of fused-ring (bicyclic) bond motifs is 1. The minimum absolute atomic E-state index is 0.0995. The smallest absolute Gasteiger partial charge is 0.269 e. The van der Waals surface area contributed by atoms with Crippen LogP contribution in [0.15, 0.2) is 47.7 Å². The SMILES string of the molecule is CN(C)c1cnn(CC(=O)NCCc2cn3ccccc3n2)c(=O)c1. The van der Waals surface area contributed by atoms with Crippen molar-refractivity contribution < 1.29 is 4.79 Å². The zero-order chi connectivity index (χ0) is 17.8. The lowest BCUT2D eigenvalue weighted by atomic mass is 10.3. The Morgan fingerprint density at radius 3 is 2.88 bits per heavy atom. The summed E-state index contributed by atoms with van der Waals surface area (Å²) < 4.78 is 3.08. The van der Waals surface area contributed by atoms with Crippen molar-refractivity contribution >= 4 is 17.2 Å². The van der Waals surface area contributed by atoms with Crippen molar-refractivity contribution in [3.05, 3.63) is 58.9 Å². The van der Waals surface area contributed by atoms with E-state index in [9.17, 15) is 9.59 Å². The molecule has 0 radical (unpaired) electrons. The summed E-state index contributed by atoms with van der Waals surface area (Å²) >= 11 is 0. The first-order chi connectivity index (χ1) is 12.0. The summed E-state index contributed by atoms with van der Waals surface area (Å²) in [4.78, 5) is 30.2. The van der Waals surface area contributed by atoms with Crippen LogP contribution in [-0.2, 0) is 17.8 Å². The van der Waals surface area contributed by atoms with Crippen molar-refractivity contribution in [2.75, 3.05) is 25.5 Å². The number of nitrogens with one attached hydrogen (secondary N) is 1. The Morgan fingerprint density at radius 2 is 2.16 bits per heavy atom. The van der Waals surface area contributed by atoms with Crippen molar-refractivity contribution in [3.8, 4) is 0 Å². The molecule has 3 aromatic rings. The summed E-state index contributed by atoms with van der Waals surface area (Å²) in [5.41, 5.74) is 2.17. The van der Waals surface area contributed by atoms with Gasteiger partial charge in [0.15, 0.2) is 0 Å². The van der Waals surface area contributed by atoms with E-state index in [1.165, 1.54) is 6.07 Å². The molecular weight excluding hydrogens is 320 g/mol. The van der Waals surface area contributed by atoms with E-state index in [-0.39, 0.29) is 18.0 Å². The average Bonchev–Trinajstić information content (AvgIpc) is 2.99. The monoisotopic (exact) mass is 340 g/mol. The number of anilines is 1. The molecule has 25 heavy (non-hydrogen) atoms. The zero-order valence-corrected chi connectivity index (χ0v) is 14.2. The molecule has 3 rings (SSSR count). The predicted molar refractivity (Wildman–Crippen MR) is 94.7 cm³/mol. The van der Waals surface area contributed by atoms with Crippen LogP contribution in [0.5, 0.6) is 0 Å². The Morgan fingerprint density at radius 1 is 1.32 bits per heavy atom. The van der Waals surface area contributed by atoms with Gasteiger partial charge in [-0.15, -0.1) is 0 Å². The molecule has 3 heterocycles. The van der Waals surface area contributed by atoms with Gasteiger partial charge in [-0.2, -0.15) is 5.10 Å². The van der Waals surface area contributed by atoms with Gasteiger partial charge in [-0.25, -0.2) is 9.67 Å². The second kappa shape index (κ2) is 7.16. The number of rotatable bonds is 6. The molecular formula is C17H20N6O2. The molecule has 0 bridgehead atoms. The fourth-order valence-corrected chi connectivity index (χ4v) is 2.42. The first-order valence-corrected chi connectivity index (χ1v) is 7.97. The van der Waals surface area contributed by atoms with Gasteiger partial charge in [0.05, 0.1) is 17.6 Å². The number of carbonyl (C=O) groups excluding carboxylic acids is 1. The third-order valence-electron chi connectivity index (χ3n) is 3.78. The zero-order valence-electron chi connectivity index (χ0n) is 14.2. The van der Waals surface area contributed by atoms with E-state index in [1.807, 2.05) is 49.1 Å². The van der Waals surface area contributed by atoms with Crippen LogP contribution in [0.2, 0.25) is 0 Å². The Kier molecular flexibility index (Phi) is 4.78. The molecule has 1 N–H and O–H groups in total. The second-order valence-corrected chi connectivity index (χ2v) is 5.90. The van der Waals surface area contributed by atoms with Crippen LogP contribution in [0.25, 0.3) is 5.65 Å².